The number of aromatic nitrogens is 5. The SMILES string of the molecule is O=c1nccccc1Nc1nc2c(C(F)(F)F)cccc2c2nc(-c3ccc(Cl)cc3OC(F)(F)F)nn12. The Hall–Kier alpha value is -4.46. The first-order valence-electron chi connectivity index (χ1n) is 10.5. The van der Waals surface area contributed by atoms with Crippen molar-refractivity contribution in [2.24, 2.45) is 0 Å². The van der Waals surface area contributed by atoms with Gasteiger partial charge in [0, 0.05) is 16.6 Å². The van der Waals surface area contributed by atoms with Crippen LogP contribution in [0.3, 0.4) is 0 Å². The number of rotatable bonds is 4. The first-order chi connectivity index (χ1) is 17.9. The number of nitrogens with zero attached hydrogens (tertiary/aromatic N) is 5. The minimum Gasteiger partial charge on any atom is -0.405 e. The second-order valence-electron chi connectivity index (χ2n) is 7.67. The minimum atomic E-state index is -5.08. The van der Waals surface area contributed by atoms with E-state index in [9.17, 15) is 31.1 Å². The van der Waals surface area contributed by atoms with Crippen molar-refractivity contribution < 1.29 is 31.1 Å². The van der Waals surface area contributed by atoms with Gasteiger partial charge in [-0.3, -0.25) is 4.79 Å². The molecule has 1 N–H and O–H groups in total. The Morgan fingerprint density at radius 1 is 0.947 bits per heavy atom. The lowest BCUT2D eigenvalue weighted by Crippen LogP contribution is -2.17. The van der Waals surface area contributed by atoms with E-state index < -0.39 is 34.9 Å². The van der Waals surface area contributed by atoms with Crippen LogP contribution in [0.1, 0.15) is 5.56 Å². The van der Waals surface area contributed by atoms with E-state index in [-0.39, 0.29) is 39.1 Å². The van der Waals surface area contributed by atoms with Gasteiger partial charge >= 0.3 is 12.5 Å². The molecule has 38 heavy (non-hydrogen) atoms. The Kier molecular flexibility index (Phi) is 6.06. The highest BCUT2D eigenvalue weighted by molar-refractivity contribution is 6.30. The number of fused-ring (bicyclic) bond motifs is 3. The van der Waals surface area contributed by atoms with Crippen LogP contribution < -0.4 is 15.6 Å². The van der Waals surface area contributed by atoms with Crippen molar-refractivity contribution in [2.75, 3.05) is 5.32 Å². The van der Waals surface area contributed by atoms with Crippen LogP contribution in [-0.4, -0.2) is 30.9 Å². The molecule has 0 unspecified atom stereocenters. The van der Waals surface area contributed by atoms with E-state index in [1.54, 1.807) is 0 Å². The Morgan fingerprint density at radius 2 is 1.74 bits per heavy atom. The summed E-state index contributed by atoms with van der Waals surface area (Å²) in [5.41, 5.74) is -2.98. The highest BCUT2D eigenvalue weighted by atomic mass is 35.5. The summed E-state index contributed by atoms with van der Waals surface area (Å²) in [7, 11) is 0. The number of benzene rings is 2. The molecule has 0 saturated heterocycles. The van der Waals surface area contributed by atoms with Crippen molar-refractivity contribution >= 4 is 39.8 Å². The van der Waals surface area contributed by atoms with E-state index in [2.05, 4.69) is 30.1 Å². The second-order valence-corrected chi connectivity index (χ2v) is 8.10. The average molecular weight is 553 g/mol. The molecule has 194 valence electrons. The fourth-order valence-corrected chi connectivity index (χ4v) is 3.78. The van der Waals surface area contributed by atoms with Crippen LogP contribution in [0.5, 0.6) is 5.75 Å². The lowest BCUT2D eigenvalue weighted by atomic mass is 10.1. The third-order valence-electron chi connectivity index (χ3n) is 5.15. The molecule has 0 spiro atoms. The van der Waals surface area contributed by atoms with Gasteiger partial charge in [-0.25, -0.2) is 15.0 Å². The van der Waals surface area contributed by atoms with Crippen LogP contribution in [0, 0.1) is 0 Å². The Labute approximate surface area is 212 Å². The van der Waals surface area contributed by atoms with Crippen LogP contribution in [0.15, 0.2) is 65.6 Å². The highest BCUT2D eigenvalue weighted by Crippen LogP contribution is 2.38. The maximum absolute atomic E-state index is 13.8. The van der Waals surface area contributed by atoms with E-state index in [1.807, 2.05) is 0 Å². The smallest absolute Gasteiger partial charge is 0.405 e. The van der Waals surface area contributed by atoms with Gasteiger partial charge in [0.25, 0.3) is 5.56 Å². The number of halogens is 7. The molecule has 0 saturated carbocycles. The number of nitrogens with one attached hydrogen (secondary N) is 1. The fraction of sp³-hybridized carbons (Fsp3) is 0.0870. The molecule has 0 aliphatic carbocycles. The zero-order chi connectivity index (χ0) is 27.2. The number of hydrogen-bond donors (Lipinski definition) is 1. The van der Waals surface area contributed by atoms with Crippen molar-refractivity contribution in [3.05, 3.63) is 81.7 Å². The monoisotopic (exact) mass is 552 g/mol. The number of para-hydroxylation sites is 1. The quantitative estimate of drug-likeness (QED) is 0.273. The zero-order valence-electron chi connectivity index (χ0n) is 18.5. The maximum Gasteiger partial charge on any atom is 0.573 e. The number of anilines is 2. The molecule has 3 aromatic heterocycles. The van der Waals surface area contributed by atoms with E-state index in [1.165, 1.54) is 42.6 Å². The first-order valence-corrected chi connectivity index (χ1v) is 10.8. The highest BCUT2D eigenvalue weighted by Gasteiger charge is 2.35. The van der Waals surface area contributed by atoms with E-state index >= 15 is 0 Å². The van der Waals surface area contributed by atoms with Gasteiger partial charge in [0.1, 0.15) is 11.4 Å². The summed E-state index contributed by atoms with van der Waals surface area (Å²) >= 11 is 5.84. The molecule has 2 aromatic carbocycles. The van der Waals surface area contributed by atoms with Gasteiger partial charge < -0.3 is 10.1 Å². The molecule has 0 bridgehead atoms. The van der Waals surface area contributed by atoms with Crippen molar-refractivity contribution in [2.45, 2.75) is 12.5 Å². The summed E-state index contributed by atoms with van der Waals surface area (Å²) in [6, 6.07) is 10.8. The van der Waals surface area contributed by atoms with E-state index in [4.69, 9.17) is 11.6 Å². The van der Waals surface area contributed by atoms with Crippen LogP contribution in [-0.2, 0) is 6.18 Å². The molecule has 0 atom stereocenters. The number of hydrogen-bond acceptors (Lipinski definition) is 7. The normalized spacial score (nSPS) is 12.2. The van der Waals surface area contributed by atoms with E-state index in [0.717, 1.165) is 22.7 Å². The Balaban J connectivity index is 1.81. The van der Waals surface area contributed by atoms with Crippen LogP contribution in [0.25, 0.3) is 27.9 Å². The molecule has 5 aromatic rings. The lowest BCUT2D eigenvalue weighted by molar-refractivity contribution is -0.274. The molecule has 0 fully saturated rings. The standard InChI is InChI=1S/C23H11ClF6N6O2/c24-11-7-8-12(16(10-11)38-23(28,29)30)18-34-19-13-4-3-5-14(22(25,26)27)17(13)33-21(36(19)35-18)32-15-6-1-2-9-31-20(15)37/h1-10H,(H,31,32,33,37). The third kappa shape index (κ3) is 4.89. The number of alkyl halides is 6. The molecule has 0 aliphatic rings. The van der Waals surface area contributed by atoms with Gasteiger partial charge in [-0.1, -0.05) is 23.7 Å². The Bertz CT molecular complexity index is 1760. The summed E-state index contributed by atoms with van der Waals surface area (Å²) < 4.78 is 85.6. The third-order valence-corrected chi connectivity index (χ3v) is 5.38. The largest absolute Gasteiger partial charge is 0.573 e. The van der Waals surface area contributed by atoms with E-state index in [0.29, 0.717) is 0 Å². The summed E-state index contributed by atoms with van der Waals surface area (Å²) in [6.07, 6.45) is -8.67. The van der Waals surface area contributed by atoms with Crippen molar-refractivity contribution in [3.63, 3.8) is 0 Å². The molecular formula is C23H11ClF6N6O2. The molecule has 0 radical (unpaired) electrons. The van der Waals surface area contributed by atoms with Gasteiger partial charge in [0.15, 0.2) is 11.5 Å². The number of ether oxygens (including phenoxy) is 1. The van der Waals surface area contributed by atoms with Crippen LogP contribution >= 0.6 is 11.6 Å². The van der Waals surface area contributed by atoms with Gasteiger partial charge in [-0.15, -0.1) is 18.3 Å². The molecule has 15 heteroatoms. The summed E-state index contributed by atoms with van der Waals surface area (Å²) in [6.45, 7) is 0. The van der Waals surface area contributed by atoms with Crippen molar-refractivity contribution in [3.8, 4) is 17.1 Å². The van der Waals surface area contributed by atoms with Crippen molar-refractivity contribution in [1.82, 2.24) is 24.6 Å². The summed E-state index contributed by atoms with van der Waals surface area (Å²) in [5.74, 6) is -1.44. The van der Waals surface area contributed by atoms with Crippen LogP contribution in [0.2, 0.25) is 5.02 Å². The second kappa shape index (κ2) is 9.13. The minimum absolute atomic E-state index is 0.0755. The Morgan fingerprint density at radius 3 is 2.47 bits per heavy atom. The topological polar surface area (TPSA) is 94.3 Å². The van der Waals surface area contributed by atoms with Gasteiger partial charge in [-0.2, -0.15) is 17.7 Å². The average Bonchev–Trinajstić information content (AvgIpc) is 3.17. The molecule has 5 rings (SSSR count). The zero-order valence-corrected chi connectivity index (χ0v) is 19.2. The predicted octanol–water partition coefficient (Wildman–Crippen LogP) is 6.01. The van der Waals surface area contributed by atoms with Crippen LogP contribution in [0.4, 0.5) is 38.0 Å². The molecular weight excluding hydrogens is 542 g/mol. The molecule has 0 aliphatic heterocycles. The fourth-order valence-electron chi connectivity index (χ4n) is 3.61. The van der Waals surface area contributed by atoms with Gasteiger partial charge in [0.2, 0.25) is 5.95 Å². The molecule has 3 heterocycles. The summed E-state index contributed by atoms with van der Waals surface area (Å²) in [5, 5.41) is 6.60. The van der Waals surface area contributed by atoms with Gasteiger partial charge in [0.05, 0.1) is 16.6 Å². The molecule has 0 amide bonds. The lowest BCUT2D eigenvalue weighted by Gasteiger charge is -2.12. The predicted molar refractivity (Wildman–Crippen MR) is 124 cm³/mol. The molecule has 8 nitrogen and oxygen atoms in total. The van der Waals surface area contributed by atoms with Crippen molar-refractivity contribution in [1.29, 1.82) is 0 Å². The summed E-state index contributed by atoms with van der Waals surface area (Å²) in [4.78, 5) is 24.2. The first kappa shape index (κ1) is 25.2. The maximum atomic E-state index is 13.8. The van der Waals surface area contributed by atoms with Gasteiger partial charge in [-0.05, 0) is 42.5 Å².